The van der Waals surface area contributed by atoms with Gasteiger partial charge in [-0.3, -0.25) is 10.1 Å². The minimum atomic E-state index is -0.556. The lowest BCUT2D eigenvalue weighted by Crippen LogP contribution is -2.63. The Hall–Kier alpha value is -0.910. The van der Waals surface area contributed by atoms with E-state index in [2.05, 4.69) is 11.4 Å². The fourth-order valence-electron chi connectivity index (χ4n) is 2.13. The molecule has 1 N–H and O–H groups in total. The van der Waals surface area contributed by atoms with Crippen LogP contribution in [-0.2, 0) is 20.8 Å². The van der Waals surface area contributed by atoms with Gasteiger partial charge in [-0.2, -0.15) is 0 Å². The number of ether oxygens (including phenoxy) is 2. The molecule has 0 unspecified atom stereocenters. The monoisotopic (exact) mass is 255 g/mol. The van der Waals surface area contributed by atoms with Gasteiger partial charge in [-0.15, -0.1) is 11.3 Å². The molecule has 1 heterocycles. The second kappa shape index (κ2) is 5.16. The van der Waals surface area contributed by atoms with E-state index in [1.54, 1.807) is 18.4 Å². The summed E-state index contributed by atoms with van der Waals surface area (Å²) >= 11 is 1.68. The second-order valence-corrected chi connectivity index (χ2v) is 5.30. The van der Waals surface area contributed by atoms with Crippen LogP contribution in [0.2, 0.25) is 0 Å². The third kappa shape index (κ3) is 2.51. The van der Waals surface area contributed by atoms with E-state index in [-0.39, 0.29) is 12.1 Å². The average molecular weight is 255 g/mol. The molecule has 1 aromatic rings. The normalized spacial score (nSPS) is 27.5. The Morgan fingerprint density at radius 3 is 2.88 bits per heavy atom. The number of hydrogen-bond acceptors (Lipinski definition) is 5. The molecule has 0 atom stereocenters. The van der Waals surface area contributed by atoms with Gasteiger partial charge in [0.15, 0.2) is 0 Å². The summed E-state index contributed by atoms with van der Waals surface area (Å²) in [5.41, 5.74) is -0.556. The first-order chi connectivity index (χ1) is 8.20. The van der Waals surface area contributed by atoms with Crippen molar-refractivity contribution in [2.45, 2.75) is 31.0 Å². The summed E-state index contributed by atoms with van der Waals surface area (Å²) < 4.78 is 10.1. The molecule has 94 valence electrons. The van der Waals surface area contributed by atoms with Gasteiger partial charge in [-0.1, -0.05) is 6.07 Å². The van der Waals surface area contributed by atoms with Crippen LogP contribution in [0.15, 0.2) is 17.5 Å². The van der Waals surface area contributed by atoms with E-state index >= 15 is 0 Å². The van der Waals surface area contributed by atoms with E-state index in [1.165, 1.54) is 12.0 Å². The maximum absolute atomic E-state index is 11.8. The quantitative estimate of drug-likeness (QED) is 0.811. The number of carbonyl (C=O) groups is 1. The van der Waals surface area contributed by atoms with Crippen molar-refractivity contribution in [2.75, 3.05) is 14.2 Å². The summed E-state index contributed by atoms with van der Waals surface area (Å²) in [5.74, 6) is -0.192. The van der Waals surface area contributed by atoms with Gasteiger partial charge in [-0.05, 0) is 11.4 Å². The number of nitrogens with one attached hydrogen (secondary N) is 1. The van der Waals surface area contributed by atoms with Crippen LogP contribution < -0.4 is 5.32 Å². The Morgan fingerprint density at radius 1 is 1.59 bits per heavy atom. The Morgan fingerprint density at radius 2 is 2.35 bits per heavy atom. The third-order valence-electron chi connectivity index (χ3n) is 3.24. The molecule has 5 heteroatoms. The first kappa shape index (κ1) is 12.5. The van der Waals surface area contributed by atoms with Crippen LogP contribution >= 0.6 is 11.3 Å². The van der Waals surface area contributed by atoms with E-state index in [4.69, 9.17) is 9.47 Å². The predicted molar refractivity (Wildman–Crippen MR) is 65.9 cm³/mol. The smallest absolute Gasteiger partial charge is 0.326 e. The van der Waals surface area contributed by atoms with E-state index in [0.717, 1.165) is 0 Å². The van der Waals surface area contributed by atoms with E-state index in [1.807, 2.05) is 11.4 Å². The van der Waals surface area contributed by atoms with Crippen LogP contribution in [0.1, 0.15) is 17.7 Å². The molecule has 2 rings (SSSR count). The molecular formula is C12H17NO3S. The van der Waals surface area contributed by atoms with Crippen molar-refractivity contribution in [3.63, 3.8) is 0 Å². The first-order valence-corrected chi connectivity index (χ1v) is 6.47. The molecule has 17 heavy (non-hydrogen) atoms. The Balaban J connectivity index is 1.95. The van der Waals surface area contributed by atoms with Crippen LogP contribution in [-0.4, -0.2) is 31.8 Å². The van der Waals surface area contributed by atoms with Crippen LogP contribution in [0.5, 0.6) is 0 Å². The van der Waals surface area contributed by atoms with Crippen LogP contribution in [0, 0.1) is 0 Å². The standard InChI is InChI=1S/C12H17NO3S/c1-15-9-6-12(7-9,11(14)16-2)13-8-10-4-3-5-17-10/h3-5,9,13H,6-8H2,1-2H3. The molecule has 0 saturated heterocycles. The highest BCUT2D eigenvalue weighted by molar-refractivity contribution is 7.09. The van der Waals surface area contributed by atoms with Crippen molar-refractivity contribution < 1.29 is 14.3 Å². The summed E-state index contributed by atoms with van der Waals surface area (Å²) in [6.07, 6.45) is 1.52. The maximum atomic E-state index is 11.8. The van der Waals surface area contributed by atoms with Gasteiger partial charge in [-0.25, -0.2) is 0 Å². The highest BCUT2D eigenvalue weighted by Gasteiger charge is 2.51. The number of rotatable bonds is 5. The zero-order valence-corrected chi connectivity index (χ0v) is 10.9. The van der Waals surface area contributed by atoms with Crippen molar-refractivity contribution in [1.82, 2.24) is 5.32 Å². The van der Waals surface area contributed by atoms with Crippen molar-refractivity contribution in [3.8, 4) is 0 Å². The summed E-state index contributed by atoms with van der Waals surface area (Å²) in [7, 11) is 3.10. The van der Waals surface area contributed by atoms with Crippen molar-refractivity contribution >= 4 is 17.3 Å². The molecule has 1 aliphatic rings. The lowest BCUT2D eigenvalue weighted by molar-refractivity contribution is -0.160. The fourth-order valence-corrected chi connectivity index (χ4v) is 2.78. The SMILES string of the molecule is COC(=O)C1(NCc2cccs2)CC(OC)C1. The van der Waals surface area contributed by atoms with Crippen molar-refractivity contribution in [2.24, 2.45) is 0 Å². The summed E-state index contributed by atoms with van der Waals surface area (Å²) in [6, 6.07) is 4.06. The Bertz CT molecular complexity index is 371. The highest BCUT2D eigenvalue weighted by Crippen LogP contribution is 2.35. The minimum Gasteiger partial charge on any atom is -0.468 e. The van der Waals surface area contributed by atoms with E-state index < -0.39 is 5.54 Å². The van der Waals surface area contributed by atoms with Gasteiger partial charge in [0.25, 0.3) is 0 Å². The average Bonchev–Trinajstić information content (AvgIpc) is 2.80. The molecule has 1 aliphatic carbocycles. The topological polar surface area (TPSA) is 47.6 Å². The molecule has 0 spiro atoms. The van der Waals surface area contributed by atoms with Gasteiger partial charge in [0, 0.05) is 31.4 Å². The molecular weight excluding hydrogens is 238 g/mol. The molecule has 0 amide bonds. The van der Waals surface area contributed by atoms with Gasteiger partial charge in [0.2, 0.25) is 0 Å². The van der Waals surface area contributed by atoms with Crippen LogP contribution in [0.25, 0.3) is 0 Å². The first-order valence-electron chi connectivity index (χ1n) is 5.59. The lowest BCUT2D eigenvalue weighted by atomic mass is 9.74. The zero-order chi connectivity index (χ0) is 12.3. The number of hydrogen-bond donors (Lipinski definition) is 1. The lowest BCUT2D eigenvalue weighted by Gasteiger charge is -2.44. The maximum Gasteiger partial charge on any atom is 0.326 e. The number of esters is 1. The van der Waals surface area contributed by atoms with Crippen LogP contribution in [0.3, 0.4) is 0 Å². The van der Waals surface area contributed by atoms with Crippen molar-refractivity contribution in [3.05, 3.63) is 22.4 Å². The molecule has 1 saturated carbocycles. The Kier molecular flexibility index (Phi) is 3.81. The van der Waals surface area contributed by atoms with Gasteiger partial charge in [0.05, 0.1) is 13.2 Å². The van der Waals surface area contributed by atoms with E-state index in [0.29, 0.717) is 19.4 Å². The van der Waals surface area contributed by atoms with Gasteiger partial charge in [0.1, 0.15) is 5.54 Å². The van der Waals surface area contributed by atoms with Gasteiger partial charge < -0.3 is 9.47 Å². The number of carbonyl (C=O) groups excluding carboxylic acids is 1. The van der Waals surface area contributed by atoms with E-state index in [9.17, 15) is 4.79 Å². The van der Waals surface area contributed by atoms with Gasteiger partial charge >= 0.3 is 5.97 Å². The summed E-state index contributed by atoms with van der Waals surface area (Å²) in [4.78, 5) is 13.0. The summed E-state index contributed by atoms with van der Waals surface area (Å²) in [6.45, 7) is 0.698. The molecule has 1 aromatic heterocycles. The van der Waals surface area contributed by atoms with Crippen LogP contribution in [0.4, 0.5) is 0 Å². The number of thiophene rings is 1. The third-order valence-corrected chi connectivity index (χ3v) is 4.12. The molecule has 0 radical (unpaired) electrons. The minimum absolute atomic E-state index is 0.157. The molecule has 1 fully saturated rings. The Labute approximate surface area is 105 Å². The molecule has 4 nitrogen and oxygen atoms in total. The largest absolute Gasteiger partial charge is 0.468 e. The number of methoxy groups -OCH3 is 2. The fraction of sp³-hybridized carbons (Fsp3) is 0.583. The summed E-state index contributed by atoms with van der Waals surface area (Å²) in [5, 5.41) is 5.33. The predicted octanol–water partition coefficient (Wildman–Crippen LogP) is 1.56. The second-order valence-electron chi connectivity index (χ2n) is 4.27. The molecule has 0 aliphatic heterocycles. The molecule has 0 bridgehead atoms. The van der Waals surface area contributed by atoms with Crippen molar-refractivity contribution in [1.29, 1.82) is 0 Å². The molecule has 0 aromatic carbocycles. The zero-order valence-electron chi connectivity index (χ0n) is 10.1. The highest BCUT2D eigenvalue weighted by atomic mass is 32.1.